The predicted octanol–water partition coefficient (Wildman–Crippen LogP) is 3.70. The second kappa shape index (κ2) is 6.88. The summed E-state index contributed by atoms with van der Waals surface area (Å²) in [4.78, 5) is 18.1. The average Bonchev–Trinajstić information content (AvgIpc) is 3.23. The lowest BCUT2D eigenvalue weighted by molar-refractivity contribution is -0.141. The summed E-state index contributed by atoms with van der Waals surface area (Å²) in [6.45, 7) is -0.105. The van der Waals surface area contributed by atoms with Crippen molar-refractivity contribution in [1.82, 2.24) is 9.88 Å². The van der Waals surface area contributed by atoms with Gasteiger partial charge < -0.3 is 10.0 Å². The van der Waals surface area contributed by atoms with Crippen LogP contribution in [-0.4, -0.2) is 39.6 Å². The molecule has 1 N–H and O–H groups in total. The van der Waals surface area contributed by atoms with Gasteiger partial charge in [-0.05, 0) is 43.4 Å². The first-order valence-electron chi connectivity index (χ1n) is 9.35. The summed E-state index contributed by atoms with van der Waals surface area (Å²) in [6, 6.07) is 11.8. The number of carbonyl (C=O) groups excluding carboxylic acids is 1. The zero-order valence-electron chi connectivity index (χ0n) is 15.2. The summed E-state index contributed by atoms with van der Waals surface area (Å²) < 4.78 is 40.0. The van der Waals surface area contributed by atoms with Crippen LogP contribution in [0.5, 0.6) is 0 Å². The Morgan fingerprint density at radius 3 is 2.61 bits per heavy atom. The highest BCUT2D eigenvalue weighted by atomic mass is 19.4. The van der Waals surface area contributed by atoms with E-state index in [2.05, 4.69) is 4.98 Å². The summed E-state index contributed by atoms with van der Waals surface area (Å²) in [5, 5.41) is 10.2. The topological polar surface area (TPSA) is 53.4 Å². The van der Waals surface area contributed by atoms with E-state index < -0.39 is 28.8 Å². The third-order valence-corrected chi connectivity index (χ3v) is 6.11. The molecule has 3 atom stereocenters. The Balaban J connectivity index is 1.66. The van der Waals surface area contributed by atoms with Gasteiger partial charge in [0.1, 0.15) is 0 Å². The van der Waals surface area contributed by atoms with Gasteiger partial charge in [0.15, 0.2) is 5.69 Å². The number of amides is 1. The van der Waals surface area contributed by atoms with Crippen LogP contribution in [0.15, 0.2) is 48.7 Å². The minimum absolute atomic E-state index is 0.105. The standard InChI is InChI=1S/C21H21F3N2O2/c22-21(23,24)18-16(7-4-10-25-18)19(28)26-15-8-9-17(26)20(12-15,13-27)11-14-5-2-1-3-6-14/h1-7,10,15,17,27H,8-9,11-13H2/t15-,17+,20-/m1/s1. The number of aliphatic hydroxyl groups is 1. The number of rotatable bonds is 4. The Morgan fingerprint density at radius 2 is 1.93 bits per heavy atom. The van der Waals surface area contributed by atoms with Gasteiger partial charge in [-0.3, -0.25) is 9.78 Å². The van der Waals surface area contributed by atoms with Crippen LogP contribution in [0, 0.1) is 5.41 Å². The van der Waals surface area contributed by atoms with E-state index in [-0.39, 0.29) is 18.7 Å². The number of hydrogen-bond acceptors (Lipinski definition) is 3. The SMILES string of the molecule is O=C(c1cccnc1C(F)(F)F)N1[C@@H]2CC[C@H]1[C@](CO)(Cc1ccccc1)C2. The van der Waals surface area contributed by atoms with Crippen LogP contribution in [-0.2, 0) is 12.6 Å². The fraction of sp³-hybridized carbons (Fsp3) is 0.429. The van der Waals surface area contributed by atoms with Gasteiger partial charge in [-0.1, -0.05) is 30.3 Å². The summed E-state index contributed by atoms with van der Waals surface area (Å²) in [7, 11) is 0. The fourth-order valence-corrected chi connectivity index (χ4v) is 4.96. The Hall–Kier alpha value is -2.41. The van der Waals surface area contributed by atoms with Gasteiger partial charge in [-0.2, -0.15) is 13.2 Å². The van der Waals surface area contributed by atoms with Crippen molar-refractivity contribution in [2.75, 3.05) is 6.61 Å². The number of aromatic nitrogens is 1. The van der Waals surface area contributed by atoms with Gasteiger partial charge in [-0.25, -0.2) is 0 Å². The Morgan fingerprint density at radius 1 is 1.18 bits per heavy atom. The van der Waals surface area contributed by atoms with E-state index in [1.54, 1.807) is 4.90 Å². The smallest absolute Gasteiger partial charge is 0.396 e. The molecular weight excluding hydrogens is 369 g/mol. The number of hydrogen-bond donors (Lipinski definition) is 1. The lowest BCUT2D eigenvalue weighted by atomic mass is 9.70. The van der Waals surface area contributed by atoms with E-state index >= 15 is 0 Å². The molecule has 0 spiro atoms. The highest BCUT2D eigenvalue weighted by Gasteiger charge is 2.57. The van der Waals surface area contributed by atoms with E-state index in [0.717, 1.165) is 18.2 Å². The third kappa shape index (κ3) is 3.07. The first-order chi connectivity index (χ1) is 13.4. The Bertz CT molecular complexity index is 871. The number of benzene rings is 1. The van der Waals surface area contributed by atoms with E-state index in [4.69, 9.17) is 0 Å². The van der Waals surface area contributed by atoms with Crippen molar-refractivity contribution >= 4 is 5.91 Å². The lowest BCUT2D eigenvalue weighted by Gasteiger charge is -2.36. The number of pyridine rings is 1. The van der Waals surface area contributed by atoms with Crippen LogP contribution in [0.3, 0.4) is 0 Å². The normalized spacial score (nSPS) is 26.6. The molecule has 2 fully saturated rings. The number of carbonyl (C=O) groups is 1. The summed E-state index contributed by atoms with van der Waals surface area (Å²) >= 11 is 0. The molecule has 0 radical (unpaired) electrons. The van der Waals surface area contributed by atoms with Gasteiger partial charge in [0.05, 0.1) is 12.2 Å². The van der Waals surface area contributed by atoms with Gasteiger partial charge in [0.25, 0.3) is 5.91 Å². The molecule has 0 saturated carbocycles. The fourth-order valence-electron chi connectivity index (χ4n) is 4.96. The monoisotopic (exact) mass is 390 g/mol. The third-order valence-electron chi connectivity index (χ3n) is 6.11. The molecule has 2 saturated heterocycles. The van der Waals surface area contributed by atoms with Gasteiger partial charge >= 0.3 is 6.18 Å². The molecule has 1 aromatic carbocycles. The van der Waals surface area contributed by atoms with Gasteiger partial charge in [0.2, 0.25) is 0 Å². The lowest BCUT2D eigenvalue weighted by Crippen LogP contribution is -2.44. The van der Waals surface area contributed by atoms with Crippen molar-refractivity contribution in [2.45, 2.75) is 43.9 Å². The van der Waals surface area contributed by atoms with Crippen molar-refractivity contribution in [3.05, 3.63) is 65.5 Å². The molecule has 4 nitrogen and oxygen atoms in total. The molecule has 1 aromatic heterocycles. The largest absolute Gasteiger partial charge is 0.434 e. The number of alkyl halides is 3. The molecule has 2 aliphatic heterocycles. The second-order valence-electron chi connectivity index (χ2n) is 7.74. The quantitative estimate of drug-likeness (QED) is 0.866. The molecule has 2 bridgehead atoms. The molecule has 7 heteroatoms. The van der Waals surface area contributed by atoms with Crippen molar-refractivity contribution < 1.29 is 23.1 Å². The highest BCUT2D eigenvalue weighted by Crippen LogP contribution is 2.52. The van der Waals surface area contributed by atoms with Crippen LogP contribution >= 0.6 is 0 Å². The molecular formula is C21H21F3N2O2. The Labute approximate surface area is 161 Å². The zero-order valence-corrected chi connectivity index (χ0v) is 15.2. The van der Waals surface area contributed by atoms with Crippen LogP contribution < -0.4 is 0 Å². The first-order valence-corrected chi connectivity index (χ1v) is 9.35. The van der Waals surface area contributed by atoms with E-state index in [0.29, 0.717) is 19.3 Å². The predicted molar refractivity (Wildman–Crippen MR) is 96.5 cm³/mol. The first kappa shape index (κ1) is 18.9. The van der Waals surface area contributed by atoms with Crippen LogP contribution in [0.4, 0.5) is 13.2 Å². The molecule has 2 aromatic rings. The maximum absolute atomic E-state index is 13.3. The summed E-state index contributed by atoms with van der Waals surface area (Å²) in [6.07, 6.45) is -1.03. The van der Waals surface area contributed by atoms with Crippen molar-refractivity contribution in [2.24, 2.45) is 5.41 Å². The van der Waals surface area contributed by atoms with Gasteiger partial charge in [-0.15, -0.1) is 0 Å². The molecule has 148 valence electrons. The molecule has 4 rings (SSSR count). The van der Waals surface area contributed by atoms with E-state index in [9.17, 15) is 23.1 Å². The molecule has 1 amide bonds. The number of aliphatic hydroxyl groups excluding tert-OH is 1. The maximum atomic E-state index is 13.3. The molecule has 28 heavy (non-hydrogen) atoms. The molecule has 3 heterocycles. The molecule has 2 aliphatic rings. The van der Waals surface area contributed by atoms with E-state index in [1.165, 1.54) is 12.1 Å². The maximum Gasteiger partial charge on any atom is 0.434 e. The van der Waals surface area contributed by atoms with Crippen molar-refractivity contribution in [3.63, 3.8) is 0 Å². The zero-order chi connectivity index (χ0) is 19.9. The van der Waals surface area contributed by atoms with Crippen molar-refractivity contribution in [1.29, 1.82) is 0 Å². The van der Waals surface area contributed by atoms with Crippen molar-refractivity contribution in [3.8, 4) is 0 Å². The summed E-state index contributed by atoms with van der Waals surface area (Å²) in [5.74, 6) is -0.642. The minimum atomic E-state index is -4.69. The van der Waals surface area contributed by atoms with Crippen LogP contribution in [0.1, 0.15) is 40.9 Å². The second-order valence-corrected chi connectivity index (χ2v) is 7.74. The minimum Gasteiger partial charge on any atom is -0.396 e. The number of fused-ring (bicyclic) bond motifs is 2. The molecule has 0 unspecified atom stereocenters. The Kier molecular flexibility index (Phi) is 4.65. The number of nitrogens with zero attached hydrogens (tertiary/aromatic N) is 2. The average molecular weight is 390 g/mol. The highest BCUT2D eigenvalue weighted by molar-refractivity contribution is 5.96. The van der Waals surface area contributed by atoms with Crippen LogP contribution in [0.25, 0.3) is 0 Å². The van der Waals surface area contributed by atoms with E-state index in [1.807, 2.05) is 30.3 Å². The van der Waals surface area contributed by atoms with Gasteiger partial charge in [0, 0.05) is 23.7 Å². The van der Waals surface area contributed by atoms with Crippen LogP contribution in [0.2, 0.25) is 0 Å². The number of halogens is 3. The molecule has 0 aliphatic carbocycles. The summed E-state index contributed by atoms with van der Waals surface area (Å²) in [5.41, 5.74) is -1.04.